The minimum atomic E-state index is -1.15. The maximum absolute atomic E-state index is 12.4. The summed E-state index contributed by atoms with van der Waals surface area (Å²) in [6.45, 7) is 4.86. The minimum Gasteiger partial charge on any atom is -0.478 e. The summed E-state index contributed by atoms with van der Waals surface area (Å²) in [5.74, 6) is -0.259. The van der Waals surface area contributed by atoms with Crippen LogP contribution in [-0.2, 0) is 9.59 Å². The van der Waals surface area contributed by atoms with E-state index in [0.29, 0.717) is 21.5 Å². The fourth-order valence-electron chi connectivity index (χ4n) is 2.15. The lowest BCUT2D eigenvalue weighted by Crippen LogP contribution is -2.48. The Hall–Kier alpha value is -2.24. The molecule has 0 aromatic heterocycles. The van der Waals surface area contributed by atoms with Crippen LogP contribution in [0.1, 0.15) is 19.4 Å². The summed E-state index contributed by atoms with van der Waals surface area (Å²) in [6.07, 6.45) is 0. The van der Waals surface area contributed by atoms with Crippen molar-refractivity contribution in [2.24, 2.45) is 0 Å². The lowest BCUT2D eigenvalue weighted by Gasteiger charge is -2.25. The third-order valence-corrected chi connectivity index (χ3v) is 4.35. The first-order valence-electron chi connectivity index (χ1n) is 7.97. The van der Waals surface area contributed by atoms with Gasteiger partial charge in [0.05, 0.1) is 6.54 Å². The van der Waals surface area contributed by atoms with E-state index >= 15 is 0 Å². The van der Waals surface area contributed by atoms with Gasteiger partial charge in [-0.1, -0.05) is 29.3 Å². The number of carbonyl (C=O) groups is 2. The Kier molecular flexibility index (Phi) is 6.51. The standard InChI is InChI=1S/C19H20Cl2N2O3/c1-12-15(21)5-4-6-16(12)23-17(24)11-22-18(25)19(2,3)26-14-9-7-13(20)8-10-14/h4-10H,11H2,1-3H3,(H,22,25)(H,23,24). The van der Waals surface area contributed by atoms with Crippen LogP contribution in [0.15, 0.2) is 42.5 Å². The normalized spacial score (nSPS) is 11.0. The summed E-state index contributed by atoms with van der Waals surface area (Å²) in [7, 11) is 0. The molecule has 7 heteroatoms. The molecule has 138 valence electrons. The van der Waals surface area contributed by atoms with Crippen LogP contribution in [-0.4, -0.2) is 24.0 Å². The number of benzene rings is 2. The fourth-order valence-corrected chi connectivity index (χ4v) is 2.45. The molecular formula is C19H20Cl2N2O3. The van der Waals surface area contributed by atoms with Gasteiger partial charge in [0.15, 0.2) is 5.60 Å². The van der Waals surface area contributed by atoms with Crippen molar-refractivity contribution in [1.82, 2.24) is 5.32 Å². The molecule has 26 heavy (non-hydrogen) atoms. The summed E-state index contributed by atoms with van der Waals surface area (Å²) >= 11 is 11.9. The maximum Gasteiger partial charge on any atom is 0.264 e. The van der Waals surface area contributed by atoms with Gasteiger partial charge in [0, 0.05) is 15.7 Å². The van der Waals surface area contributed by atoms with Crippen molar-refractivity contribution in [3.05, 3.63) is 58.1 Å². The van der Waals surface area contributed by atoms with E-state index in [1.807, 2.05) is 0 Å². The number of ether oxygens (including phenoxy) is 1. The Morgan fingerprint density at radius 1 is 1.08 bits per heavy atom. The largest absolute Gasteiger partial charge is 0.478 e. The molecule has 0 aliphatic heterocycles. The Morgan fingerprint density at radius 2 is 1.73 bits per heavy atom. The minimum absolute atomic E-state index is 0.182. The Balaban J connectivity index is 1.91. The predicted octanol–water partition coefficient (Wildman–Crippen LogP) is 4.21. The van der Waals surface area contributed by atoms with E-state index < -0.39 is 11.5 Å². The Bertz CT molecular complexity index is 805. The smallest absolute Gasteiger partial charge is 0.264 e. The van der Waals surface area contributed by atoms with Crippen LogP contribution in [0.25, 0.3) is 0 Å². The molecule has 2 rings (SSSR count). The molecule has 0 spiro atoms. The first kappa shape index (κ1) is 20.1. The molecule has 0 bridgehead atoms. The van der Waals surface area contributed by atoms with Gasteiger partial charge in [0.1, 0.15) is 5.75 Å². The molecule has 0 fully saturated rings. The third-order valence-electron chi connectivity index (χ3n) is 3.68. The molecule has 2 aromatic rings. The molecule has 2 amide bonds. The van der Waals surface area contributed by atoms with Crippen LogP contribution in [0.3, 0.4) is 0 Å². The second kappa shape index (κ2) is 8.43. The monoisotopic (exact) mass is 394 g/mol. The highest BCUT2D eigenvalue weighted by Crippen LogP contribution is 2.23. The Morgan fingerprint density at radius 3 is 2.38 bits per heavy atom. The van der Waals surface area contributed by atoms with Gasteiger partial charge in [0.25, 0.3) is 5.91 Å². The number of halogens is 2. The van der Waals surface area contributed by atoms with E-state index in [1.165, 1.54) is 0 Å². The van der Waals surface area contributed by atoms with Crippen LogP contribution in [0.2, 0.25) is 10.0 Å². The second-order valence-electron chi connectivity index (χ2n) is 6.21. The molecule has 0 saturated heterocycles. The average molecular weight is 395 g/mol. The van der Waals surface area contributed by atoms with Crippen molar-refractivity contribution in [2.45, 2.75) is 26.4 Å². The number of hydrogen-bond donors (Lipinski definition) is 2. The quantitative estimate of drug-likeness (QED) is 0.770. The van der Waals surface area contributed by atoms with Crippen LogP contribution in [0, 0.1) is 6.92 Å². The lowest BCUT2D eigenvalue weighted by atomic mass is 10.1. The van der Waals surface area contributed by atoms with Gasteiger partial charge >= 0.3 is 0 Å². The van der Waals surface area contributed by atoms with Crippen LogP contribution >= 0.6 is 23.2 Å². The first-order valence-corrected chi connectivity index (χ1v) is 8.72. The van der Waals surface area contributed by atoms with E-state index in [0.717, 1.165) is 5.56 Å². The zero-order valence-electron chi connectivity index (χ0n) is 14.7. The van der Waals surface area contributed by atoms with Gasteiger partial charge in [-0.05, 0) is 62.7 Å². The SMILES string of the molecule is Cc1c(Cl)cccc1NC(=O)CNC(=O)C(C)(C)Oc1ccc(Cl)cc1. The van der Waals surface area contributed by atoms with Gasteiger partial charge in [-0.15, -0.1) is 0 Å². The van der Waals surface area contributed by atoms with Gasteiger partial charge in [0.2, 0.25) is 5.91 Å². The maximum atomic E-state index is 12.4. The molecule has 0 unspecified atom stereocenters. The van der Waals surface area contributed by atoms with Crippen molar-refractivity contribution in [3.63, 3.8) is 0 Å². The van der Waals surface area contributed by atoms with Crippen LogP contribution in [0.4, 0.5) is 5.69 Å². The zero-order chi connectivity index (χ0) is 19.3. The lowest BCUT2D eigenvalue weighted by molar-refractivity contribution is -0.135. The van der Waals surface area contributed by atoms with Crippen molar-refractivity contribution in [1.29, 1.82) is 0 Å². The summed E-state index contributed by atoms with van der Waals surface area (Å²) in [6, 6.07) is 11.9. The van der Waals surface area contributed by atoms with E-state index in [4.69, 9.17) is 27.9 Å². The Labute approximate surface area is 162 Å². The van der Waals surface area contributed by atoms with Gasteiger partial charge in [-0.25, -0.2) is 0 Å². The number of nitrogens with one attached hydrogen (secondary N) is 2. The number of hydrogen-bond acceptors (Lipinski definition) is 3. The topological polar surface area (TPSA) is 67.4 Å². The van der Waals surface area contributed by atoms with E-state index in [2.05, 4.69) is 10.6 Å². The zero-order valence-corrected chi connectivity index (χ0v) is 16.2. The summed E-state index contributed by atoms with van der Waals surface area (Å²) in [5.41, 5.74) is 0.216. The summed E-state index contributed by atoms with van der Waals surface area (Å²) in [5, 5.41) is 6.43. The number of rotatable bonds is 6. The average Bonchev–Trinajstić information content (AvgIpc) is 2.58. The molecule has 0 atom stereocenters. The van der Waals surface area contributed by atoms with E-state index in [-0.39, 0.29) is 12.5 Å². The molecule has 0 saturated carbocycles. The molecular weight excluding hydrogens is 375 g/mol. The molecule has 5 nitrogen and oxygen atoms in total. The summed E-state index contributed by atoms with van der Waals surface area (Å²) < 4.78 is 5.68. The van der Waals surface area contributed by atoms with Gasteiger partial charge in [-0.2, -0.15) is 0 Å². The number of anilines is 1. The van der Waals surface area contributed by atoms with Crippen LogP contribution < -0.4 is 15.4 Å². The first-order chi connectivity index (χ1) is 12.2. The molecule has 2 aromatic carbocycles. The van der Waals surface area contributed by atoms with Crippen molar-refractivity contribution >= 4 is 40.7 Å². The van der Waals surface area contributed by atoms with Crippen molar-refractivity contribution < 1.29 is 14.3 Å². The molecule has 0 aliphatic carbocycles. The predicted molar refractivity (Wildman–Crippen MR) is 104 cm³/mol. The van der Waals surface area contributed by atoms with E-state index in [1.54, 1.807) is 63.2 Å². The summed E-state index contributed by atoms with van der Waals surface area (Å²) in [4.78, 5) is 24.4. The molecule has 0 heterocycles. The van der Waals surface area contributed by atoms with Crippen molar-refractivity contribution in [3.8, 4) is 5.75 Å². The van der Waals surface area contributed by atoms with Gasteiger partial charge in [-0.3, -0.25) is 9.59 Å². The van der Waals surface area contributed by atoms with E-state index in [9.17, 15) is 9.59 Å². The molecule has 0 aliphatic rings. The molecule has 2 N–H and O–H groups in total. The highest BCUT2D eigenvalue weighted by molar-refractivity contribution is 6.31. The van der Waals surface area contributed by atoms with Crippen molar-refractivity contribution in [2.75, 3.05) is 11.9 Å². The van der Waals surface area contributed by atoms with Crippen LogP contribution in [0.5, 0.6) is 5.75 Å². The fraction of sp³-hybridized carbons (Fsp3) is 0.263. The van der Waals surface area contributed by atoms with Gasteiger partial charge < -0.3 is 15.4 Å². The highest BCUT2D eigenvalue weighted by Gasteiger charge is 2.30. The number of amides is 2. The number of carbonyl (C=O) groups excluding carboxylic acids is 2. The third kappa shape index (κ3) is 5.38. The molecule has 0 radical (unpaired) electrons. The highest BCUT2D eigenvalue weighted by atomic mass is 35.5. The second-order valence-corrected chi connectivity index (χ2v) is 7.05.